The molecule has 5 rings (SSSR count). The number of methoxy groups -OCH3 is 1. The van der Waals surface area contributed by atoms with Gasteiger partial charge >= 0.3 is 12.4 Å². The summed E-state index contributed by atoms with van der Waals surface area (Å²) in [4.78, 5) is 33.7. The molecule has 0 saturated heterocycles. The highest BCUT2D eigenvalue weighted by Crippen LogP contribution is 2.48. The van der Waals surface area contributed by atoms with Gasteiger partial charge in [0.15, 0.2) is 0 Å². The first kappa shape index (κ1) is 32.4. The van der Waals surface area contributed by atoms with Gasteiger partial charge < -0.3 is 20.5 Å². The third-order valence-corrected chi connectivity index (χ3v) is 7.94. The molecular weight excluding hydrogens is 625 g/mol. The molecule has 0 fully saturated rings. The van der Waals surface area contributed by atoms with Crippen molar-refractivity contribution in [1.29, 1.82) is 0 Å². The molecule has 15 heteroatoms. The number of benzene rings is 2. The van der Waals surface area contributed by atoms with Crippen molar-refractivity contribution in [2.45, 2.75) is 37.0 Å². The number of ether oxygens (including phenoxy) is 2. The smallest absolute Gasteiger partial charge is 0.417 e. The van der Waals surface area contributed by atoms with Crippen LogP contribution in [-0.2, 0) is 16.4 Å². The summed E-state index contributed by atoms with van der Waals surface area (Å²) in [5.74, 6) is -4.96. The third kappa shape index (κ3) is 5.88. The molecular formula is C31H25F7N4O4. The van der Waals surface area contributed by atoms with Crippen LogP contribution in [0.5, 0.6) is 11.5 Å². The Morgan fingerprint density at radius 3 is 2.37 bits per heavy atom. The molecule has 1 unspecified atom stereocenters. The average Bonchev–Trinajstić information content (AvgIpc) is 3.39. The number of hydrogen-bond acceptors (Lipinski definition) is 6. The molecule has 8 nitrogen and oxygen atoms in total. The van der Waals surface area contributed by atoms with Gasteiger partial charge in [-0.05, 0) is 55.0 Å². The number of nitrogens with one attached hydrogen (secondary N) is 1. The number of amides is 2. The van der Waals surface area contributed by atoms with Crippen LogP contribution >= 0.6 is 0 Å². The van der Waals surface area contributed by atoms with Gasteiger partial charge in [0.25, 0.3) is 5.91 Å². The van der Waals surface area contributed by atoms with E-state index >= 15 is 0 Å². The Hall–Kier alpha value is -4.95. The number of primary amides is 1. The van der Waals surface area contributed by atoms with E-state index in [1.807, 2.05) is 0 Å². The molecule has 0 radical (unpaired) electrons. The van der Waals surface area contributed by atoms with Gasteiger partial charge in [-0.25, -0.2) is 9.37 Å². The highest BCUT2D eigenvalue weighted by molar-refractivity contribution is 6.00. The Morgan fingerprint density at radius 1 is 1.09 bits per heavy atom. The van der Waals surface area contributed by atoms with E-state index in [0.717, 1.165) is 36.4 Å². The molecule has 0 saturated carbocycles. The van der Waals surface area contributed by atoms with Crippen molar-refractivity contribution in [3.63, 3.8) is 0 Å². The zero-order valence-corrected chi connectivity index (χ0v) is 24.1. The summed E-state index contributed by atoms with van der Waals surface area (Å²) in [7, 11) is 1.19. The van der Waals surface area contributed by atoms with E-state index in [9.17, 15) is 40.3 Å². The average molecular weight is 651 g/mol. The predicted octanol–water partition coefficient (Wildman–Crippen LogP) is 6.06. The first-order valence-electron chi connectivity index (χ1n) is 13.7. The van der Waals surface area contributed by atoms with Gasteiger partial charge in [-0.2, -0.15) is 26.3 Å². The van der Waals surface area contributed by atoms with Gasteiger partial charge in [0.1, 0.15) is 46.5 Å². The molecule has 0 spiro atoms. The molecule has 4 aromatic rings. The summed E-state index contributed by atoms with van der Waals surface area (Å²) < 4.78 is 108. The number of halogens is 7. The van der Waals surface area contributed by atoms with Crippen molar-refractivity contribution in [3.05, 3.63) is 82.9 Å². The molecule has 0 aliphatic carbocycles. The van der Waals surface area contributed by atoms with Crippen LogP contribution in [0.1, 0.15) is 46.4 Å². The van der Waals surface area contributed by atoms with Crippen molar-refractivity contribution in [3.8, 4) is 22.8 Å². The van der Waals surface area contributed by atoms with Gasteiger partial charge in [0, 0.05) is 34.8 Å². The summed E-state index contributed by atoms with van der Waals surface area (Å²) in [6, 6.07) is 8.75. The number of aromatic nitrogens is 2. The molecule has 1 aliphatic heterocycles. The van der Waals surface area contributed by atoms with Crippen LogP contribution < -0.4 is 20.5 Å². The zero-order chi connectivity index (χ0) is 33.6. The topological polar surface area (TPSA) is 116 Å². The normalized spacial score (nSPS) is 16.9. The molecule has 2 atom stereocenters. The fourth-order valence-corrected chi connectivity index (χ4v) is 5.32. The number of alkyl halides is 6. The first-order chi connectivity index (χ1) is 21.6. The number of fused-ring (bicyclic) bond motifs is 2. The number of nitrogens with two attached hydrogens (primary N) is 1. The second-order valence-electron chi connectivity index (χ2n) is 10.6. The Labute approximate surface area is 256 Å². The lowest BCUT2D eigenvalue weighted by atomic mass is 9.78. The molecule has 2 amide bonds. The highest BCUT2D eigenvalue weighted by atomic mass is 19.4. The van der Waals surface area contributed by atoms with Crippen LogP contribution in [0.15, 0.2) is 54.7 Å². The Balaban J connectivity index is 1.55. The van der Waals surface area contributed by atoms with Gasteiger partial charge in [0.05, 0.1) is 18.4 Å². The molecule has 1 aliphatic rings. The van der Waals surface area contributed by atoms with E-state index < -0.39 is 59.1 Å². The zero-order valence-electron chi connectivity index (χ0n) is 24.1. The quantitative estimate of drug-likeness (QED) is 0.224. The van der Waals surface area contributed by atoms with Crippen molar-refractivity contribution < 1.29 is 49.8 Å². The Bertz CT molecular complexity index is 1830. The first-order valence-corrected chi connectivity index (χ1v) is 13.7. The monoisotopic (exact) mass is 650 g/mol. The summed E-state index contributed by atoms with van der Waals surface area (Å²) in [5.41, 5.74) is 2.45. The van der Waals surface area contributed by atoms with Crippen LogP contribution in [0.2, 0.25) is 0 Å². The van der Waals surface area contributed by atoms with E-state index in [1.54, 1.807) is 6.92 Å². The SMILES string of the molecule is CC[C@]1(C(N)=O)COc2c1cc(C(CNC(=O)c1cc(OC)c3ncc(C(F)(F)F)cc3c1)C(F)(F)F)nc2-c1ccc(F)cc1. The van der Waals surface area contributed by atoms with Crippen molar-refractivity contribution >= 4 is 22.7 Å². The maximum Gasteiger partial charge on any atom is 0.417 e. The van der Waals surface area contributed by atoms with E-state index in [1.165, 1.54) is 19.2 Å². The summed E-state index contributed by atoms with van der Waals surface area (Å²) in [6.07, 6.45) is -9.04. The Morgan fingerprint density at radius 2 is 1.78 bits per heavy atom. The standard InChI is InChI=1S/C31H25F7N4O4/c1-3-29(28(39)44)14-46-26-20(29)11-22(42-25(26)15-4-6-19(32)7-5-15)21(31(36,37)38)13-41-27(43)17-8-16-9-18(30(33,34)35)12-40-24(16)23(10-17)45-2/h4-12,21H,3,13-14H2,1-2H3,(H2,39,44)(H,41,43)/t21?,29-/m0/s1. The van der Waals surface area contributed by atoms with Crippen LogP contribution in [0, 0.1) is 5.82 Å². The third-order valence-electron chi connectivity index (χ3n) is 7.94. The minimum Gasteiger partial charge on any atom is -0.494 e. The fourth-order valence-electron chi connectivity index (χ4n) is 5.32. The van der Waals surface area contributed by atoms with Gasteiger partial charge in [-0.3, -0.25) is 14.6 Å². The van der Waals surface area contributed by atoms with Crippen LogP contribution in [0.25, 0.3) is 22.2 Å². The summed E-state index contributed by atoms with van der Waals surface area (Å²) in [6.45, 7) is 0.317. The second-order valence-corrected chi connectivity index (χ2v) is 10.6. The predicted molar refractivity (Wildman–Crippen MR) is 151 cm³/mol. The molecule has 3 heterocycles. The number of pyridine rings is 2. The lowest BCUT2D eigenvalue weighted by Crippen LogP contribution is -2.42. The number of hydrogen-bond donors (Lipinski definition) is 2. The summed E-state index contributed by atoms with van der Waals surface area (Å²) in [5, 5.41) is 2.06. The summed E-state index contributed by atoms with van der Waals surface area (Å²) >= 11 is 0. The van der Waals surface area contributed by atoms with Crippen LogP contribution in [0.4, 0.5) is 30.7 Å². The van der Waals surface area contributed by atoms with Gasteiger partial charge in [-0.1, -0.05) is 6.92 Å². The molecule has 2 aromatic heterocycles. The van der Waals surface area contributed by atoms with Gasteiger partial charge in [-0.15, -0.1) is 0 Å². The molecule has 46 heavy (non-hydrogen) atoms. The lowest BCUT2D eigenvalue weighted by Gasteiger charge is -2.25. The number of carbonyl (C=O) groups excluding carboxylic acids is 2. The molecule has 2 aromatic carbocycles. The number of nitrogens with zero attached hydrogens (tertiary/aromatic N) is 2. The fraction of sp³-hybridized carbons (Fsp3) is 0.290. The van der Waals surface area contributed by atoms with E-state index in [0.29, 0.717) is 6.20 Å². The molecule has 3 N–H and O–H groups in total. The Kier molecular flexibility index (Phi) is 8.30. The minimum atomic E-state index is -4.98. The van der Waals surface area contributed by atoms with Crippen LogP contribution in [0.3, 0.4) is 0 Å². The number of rotatable bonds is 8. The van der Waals surface area contributed by atoms with Crippen molar-refractivity contribution in [1.82, 2.24) is 15.3 Å². The van der Waals surface area contributed by atoms with Gasteiger partial charge in [0.2, 0.25) is 5.91 Å². The van der Waals surface area contributed by atoms with Crippen LogP contribution in [-0.4, -0.2) is 48.2 Å². The van der Waals surface area contributed by atoms with E-state index in [2.05, 4.69) is 15.3 Å². The van der Waals surface area contributed by atoms with E-state index in [-0.39, 0.29) is 57.8 Å². The number of carbonyl (C=O) groups is 2. The maximum absolute atomic E-state index is 14.6. The maximum atomic E-state index is 14.6. The minimum absolute atomic E-state index is 0.00644. The highest BCUT2D eigenvalue weighted by Gasteiger charge is 2.49. The lowest BCUT2D eigenvalue weighted by molar-refractivity contribution is -0.149. The second kappa shape index (κ2) is 11.8. The van der Waals surface area contributed by atoms with Crippen molar-refractivity contribution in [2.75, 3.05) is 20.3 Å². The molecule has 0 bridgehead atoms. The van der Waals surface area contributed by atoms with E-state index in [4.69, 9.17) is 15.2 Å². The largest absolute Gasteiger partial charge is 0.494 e. The molecule has 242 valence electrons. The van der Waals surface area contributed by atoms with Crippen molar-refractivity contribution in [2.24, 2.45) is 5.73 Å².